The van der Waals surface area contributed by atoms with Crippen LogP contribution in [0.2, 0.25) is 0 Å². The number of anilines is 2. The van der Waals surface area contributed by atoms with Crippen molar-refractivity contribution in [3.05, 3.63) is 29.9 Å². The Balaban J connectivity index is 2.11. The van der Waals surface area contributed by atoms with Crippen LogP contribution >= 0.6 is 0 Å². The van der Waals surface area contributed by atoms with E-state index < -0.39 is 0 Å². The molecule has 108 valence electrons. The Bertz CT molecular complexity index is 524. The average molecular weight is 275 g/mol. The molecule has 0 spiro atoms. The maximum Gasteiger partial charge on any atom is 0.135 e. The molecule has 0 aliphatic rings. The number of rotatable bonds is 7. The van der Waals surface area contributed by atoms with Crippen molar-refractivity contribution in [2.75, 3.05) is 17.2 Å². The highest BCUT2D eigenvalue weighted by Gasteiger charge is 2.08. The second kappa shape index (κ2) is 6.88. The largest absolute Gasteiger partial charge is 0.370 e. The van der Waals surface area contributed by atoms with Gasteiger partial charge in [-0.15, -0.1) is 0 Å². The lowest BCUT2D eigenvalue weighted by Gasteiger charge is -2.12. The van der Waals surface area contributed by atoms with Crippen LogP contribution in [0.15, 0.2) is 22.9 Å². The summed E-state index contributed by atoms with van der Waals surface area (Å²) in [5.41, 5.74) is 0.845. The summed E-state index contributed by atoms with van der Waals surface area (Å²) < 4.78 is 4.81. The fourth-order valence-corrected chi connectivity index (χ4v) is 1.67. The molecular formula is C14H21N5O. The summed E-state index contributed by atoms with van der Waals surface area (Å²) >= 11 is 0. The van der Waals surface area contributed by atoms with Crippen LogP contribution in [0.4, 0.5) is 11.6 Å². The summed E-state index contributed by atoms with van der Waals surface area (Å²) in [4.78, 5) is 9.04. The summed E-state index contributed by atoms with van der Waals surface area (Å²) in [5.74, 6) is 2.76. The van der Waals surface area contributed by atoms with Crippen molar-refractivity contribution in [2.24, 2.45) is 0 Å². The second-order valence-corrected chi connectivity index (χ2v) is 4.92. The fraction of sp³-hybridized carbons (Fsp3) is 0.500. The molecule has 2 aromatic rings. The van der Waals surface area contributed by atoms with Crippen LogP contribution in [0.1, 0.15) is 44.6 Å². The number of nitrogens with one attached hydrogen (secondary N) is 2. The molecule has 0 fully saturated rings. The summed E-state index contributed by atoms with van der Waals surface area (Å²) in [7, 11) is 0. The first-order valence-electron chi connectivity index (χ1n) is 6.95. The number of hydrogen-bond acceptors (Lipinski definition) is 6. The average Bonchev–Trinajstić information content (AvgIpc) is 2.96. The number of aromatic nitrogens is 3. The Labute approximate surface area is 119 Å². The molecule has 6 nitrogen and oxygen atoms in total. The minimum absolute atomic E-state index is 0.283. The van der Waals surface area contributed by atoms with Crippen molar-refractivity contribution in [1.82, 2.24) is 15.1 Å². The maximum atomic E-state index is 4.81. The maximum absolute atomic E-state index is 4.81. The molecule has 2 heterocycles. The van der Waals surface area contributed by atoms with E-state index in [0.717, 1.165) is 36.1 Å². The van der Waals surface area contributed by atoms with E-state index in [1.165, 1.54) is 0 Å². The molecule has 0 amide bonds. The molecular weight excluding hydrogens is 254 g/mol. The van der Waals surface area contributed by atoms with Gasteiger partial charge >= 0.3 is 0 Å². The first-order valence-corrected chi connectivity index (χ1v) is 6.95. The van der Waals surface area contributed by atoms with Crippen LogP contribution < -0.4 is 10.6 Å². The topological polar surface area (TPSA) is 75.9 Å². The molecule has 6 heteroatoms. The third kappa shape index (κ3) is 3.94. The Morgan fingerprint density at radius 1 is 1.20 bits per heavy atom. The summed E-state index contributed by atoms with van der Waals surface area (Å²) in [5, 5.41) is 10.4. The lowest BCUT2D eigenvalue weighted by atomic mass is 10.2. The quantitative estimate of drug-likeness (QED) is 0.809. The van der Waals surface area contributed by atoms with Gasteiger partial charge in [0.1, 0.15) is 29.4 Å². The highest BCUT2D eigenvalue weighted by Crippen LogP contribution is 2.17. The molecule has 0 saturated heterocycles. The molecule has 0 saturated carbocycles. The van der Waals surface area contributed by atoms with E-state index >= 15 is 0 Å². The van der Waals surface area contributed by atoms with E-state index in [4.69, 9.17) is 4.52 Å². The van der Waals surface area contributed by atoms with Crippen molar-refractivity contribution in [3.63, 3.8) is 0 Å². The van der Waals surface area contributed by atoms with Crippen molar-refractivity contribution in [3.8, 4) is 0 Å². The van der Waals surface area contributed by atoms with Gasteiger partial charge in [-0.05, 0) is 6.42 Å². The Hall–Kier alpha value is -2.11. The van der Waals surface area contributed by atoms with E-state index in [-0.39, 0.29) is 5.92 Å². The monoisotopic (exact) mass is 275 g/mol. The normalized spacial score (nSPS) is 10.8. The highest BCUT2D eigenvalue weighted by atomic mass is 16.5. The van der Waals surface area contributed by atoms with E-state index in [1.807, 2.05) is 12.1 Å². The lowest BCUT2D eigenvalue weighted by Crippen LogP contribution is -2.09. The molecule has 0 aliphatic carbocycles. The first kappa shape index (κ1) is 14.3. The van der Waals surface area contributed by atoms with Crippen molar-refractivity contribution in [1.29, 1.82) is 0 Å². The molecule has 0 unspecified atom stereocenters. The Morgan fingerprint density at radius 3 is 2.55 bits per heavy atom. The Kier molecular flexibility index (Phi) is 4.92. The molecule has 0 atom stereocenters. The van der Waals surface area contributed by atoms with Crippen molar-refractivity contribution >= 4 is 11.6 Å². The highest BCUT2D eigenvalue weighted by molar-refractivity contribution is 5.48. The Morgan fingerprint density at radius 2 is 1.95 bits per heavy atom. The first-order chi connectivity index (χ1) is 9.69. The smallest absolute Gasteiger partial charge is 0.135 e. The molecule has 0 aromatic carbocycles. The van der Waals surface area contributed by atoms with Gasteiger partial charge in [0.25, 0.3) is 0 Å². The zero-order valence-corrected chi connectivity index (χ0v) is 12.2. The van der Waals surface area contributed by atoms with Crippen molar-refractivity contribution in [2.45, 2.75) is 39.7 Å². The molecule has 0 bridgehead atoms. The zero-order chi connectivity index (χ0) is 14.4. The van der Waals surface area contributed by atoms with E-state index in [9.17, 15) is 0 Å². The van der Waals surface area contributed by atoms with Gasteiger partial charge < -0.3 is 15.2 Å². The third-order valence-electron chi connectivity index (χ3n) is 2.76. The van der Waals surface area contributed by atoms with Crippen LogP contribution in [0.5, 0.6) is 0 Å². The minimum Gasteiger partial charge on any atom is -0.370 e. The van der Waals surface area contributed by atoms with Crippen LogP contribution in [0.3, 0.4) is 0 Å². The standard InChI is InChI=1S/C14H21N5O/c1-4-6-15-12-8-13(18-14(17-12)10(2)3)16-9-11-5-7-20-19-11/h5,7-8,10H,4,6,9H2,1-3H3,(H2,15,16,17,18). The van der Waals surface area contributed by atoms with Gasteiger partial charge in [-0.25, -0.2) is 9.97 Å². The molecule has 0 aliphatic heterocycles. The van der Waals surface area contributed by atoms with Gasteiger partial charge in [0.05, 0.1) is 6.54 Å². The van der Waals surface area contributed by atoms with E-state index in [1.54, 1.807) is 6.26 Å². The predicted octanol–water partition coefficient (Wildman–Crippen LogP) is 3.02. The zero-order valence-electron chi connectivity index (χ0n) is 12.2. The van der Waals surface area contributed by atoms with Gasteiger partial charge in [-0.3, -0.25) is 0 Å². The van der Waals surface area contributed by atoms with Crippen molar-refractivity contribution < 1.29 is 4.52 Å². The lowest BCUT2D eigenvalue weighted by molar-refractivity contribution is 0.412. The fourth-order valence-electron chi connectivity index (χ4n) is 1.67. The van der Waals surface area contributed by atoms with Gasteiger partial charge in [0, 0.05) is 24.6 Å². The van der Waals surface area contributed by atoms with Crippen LogP contribution in [-0.4, -0.2) is 21.7 Å². The van der Waals surface area contributed by atoms with Gasteiger partial charge in [0.2, 0.25) is 0 Å². The van der Waals surface area contributed by atoms with Gasteiger partial charge in [-0.2, -0.15) is 0 Å². The number of hydrogen-bond donors (Lipinski definition) is 2. The van der Waals surface area contributed by atoms with E-state index in [0.29, 0.717) is 6.54 Å². The molecule has 2 rings (SSSR count). The van der Waals surface area contributed by atoms with Crippen LogP contribution in [0, 0.1) is 0 Å². The molecule has 20 heavy (non-hydrogen) atoms. The van der Waals surface area contributed by atoms with E-state index in [2.05, 4.69) is 46.5 Å². The van der Waals surface area contributed by atoms with Crippen LogP contribution in [-0.2, 0) is 6.54 Å². The molecule has 2 N–H and O–H groups in total. The SMILES string of the molecule is CCCNc1cc(NCc2ccon2)nc(C(C)C)n1. The molecule has 2 aromatic heterocycles. The number of nitrogens with zero attached hydrogens (tertiary/aromatic N) is 3. The van der Waals surface area contributed by atoms with Crippen LogP contribution in [0.25, 0.3) is 0 Å². The third-order valence-corrected chi connectivity index (χ3v) is 2.76. The molecule has 0 radical (unpaired) electrons. The predicted molar refractivity (Wildman–Crippen MR) is 78.7 cm³/mol. The second-order valence-electron chi connectivity index (χ2n) is 4.92. The summed E-state index contributed by atoms with van der Waals surface area (Å²) in [6.45, 7) is 7.78. The summed E-state index contributed by atoms with van der Waals surface area (Å²) in [6.07, 6.45) is 2.62. The summed E-state index contributed by atoms with van der Waals surface area (Å²) in [6, 6.07) is 3.75. The minimum atomic E-state index is 0.283. The van der Waals surface area contributed by atoms with Gasteiger partial charge in [0.15, 0.2) is 0 Å². The van der Waals surface area contributed by atoms with Gasteiger partial charge in [-0.1, -0.05) is 25.9 Å².